The molecular weight excluding hydrogens is 248 g/mol. The van der Waals surface area contributed by atoms with Crippen molar-refractivity contribution < 1.29 is 4.92 Å². The predicted molar refractivity (Wildman–Crippen MR) is 74.1 cm³/mol. The molecule has 1 heterocycles. The van der Waals surface area contributed by atoms with Gasteiger partial charge < -0.3 is 5.32 Å². The maximum Gasteiger partial charge on any atom is 0.292 e. The van der Waals surface area contributed by atoms with E-state index in [4.69, 9.17) is 0 Å². The highest BCUT2D eigenvalue weighted by Gasteiger charge is 2.11. The van der Waals surface area contributed by atoms with Gasteiger partial charge in [0.15, 0.2) is 0 Å². The Morgan fingerprint density at radius 3 is 2.61 bits per heavy atom. The van der Waals surface area contributed by atoms with Crippen molar-refractivity contribution in [3.05, 3.63) is 56.3 Å². The number of hydrogen-bond acceptors (Lipinski definition) is 4. The molecule has 0 spiro atoms. The van der Waals surface area contributed by atoms with Crippen LogP contribution in [-0.2, 0) is 13.0 Å². The number of nitro benzene ring substituents is 1. The summed E-state index contributed by atoms with van der Waals surface area (Å²) < 4.78 is 0. The SMILES string of the molecule is CCc1ccc(CNc2ccccc2[N+](=O)[O-])s1. The number of hydrogen-bond donors (Lipinski definition) is 1. The number of anilines is 1. The number of aryl methyl sites for hydroxylation is 1. The third kappa shape index (κ3) is 2.87. The summed E-state index contributed by atoms with van der Waals surface area (Å²) >= 11 is 1.73. The minimum absolute atomic E-state index is 0.116. The molecule has 2 aromatic rings. The van der Waals surface area contributed by atoms with Crippen molar-refractivity contribution in [1.29, 1.82) is 0 Å². The van der Waals surface area contributed by atoms with Gasteiger partial charge in [0.2, 0.25) is 0 Å². The second-order valence-electron chi connectivity index (χ2n) is 3.85. The summed E-state index contributed by atoms with van der Waals surface area (Å²) in [4.78, 5) is 13.0. The van der Waals surface area contributed by atoms with Gasteiger partial charge in [0.25, 0.3) is 5.69 Å². The van der Waals surface area contributed by atoms with Crippen LogP contribution in [0.1, 0.15) is 16.7 Å². The summed E-state index contributed by atoms with van der Waals surface area (Å²) in [5.41, 5.74) is 0.679. The van der Waals surface area contributed by atoms with E-state index in [0.717, 1.165) is 6.42 Å². The number of para-hydroxylation sites is 2. The van der Waals surface area contributed by atoms with Crippen molar-refractivity contribution >= 4 is 22.7 Å². The topological polar surface area (TPSA) is 55.2 Å². The van der Waals surface area contributed by atoms with E-state index in [1.165, 1.54) is 15.8 Å². The van der Waals surface area contributed by atoms with Crippen LogP contribution >= 0.6 is 11.3 Å². The van der Waals surface area contributed by atoms with Crippen LogP contribution in [0.5, 0.6) is 0 Å². The Bertz CT molecular complexity index is 551. The van der Waals surface area contributed by atoms with Gasteiger partial charge in [-0.25, -0.2) is 0 Å². The summed E-state index contributed by atoms with van der Waals surface area (Å²) in [6, 6.07) is 10.9. The van der Waals surface area contributed by atoms with Crippen LogP contribution in [0.4, 0.5) is 11.4 Å². The quantitative estimate of drug-likeness (QED) is 0.658. The first-order chi connectivity index (χ1) is 8.70. The molecule has 0 bridgehead atoms. The smallest absolute Gasteiger partial charge is 0.292 e. The van der Waals surface area contributed by atoms with E-state index in [-0.39, 0.29) is 10.6 Å². The van der Waals surface area contributed by atoms with E-state index < -0.39 is 0 Å². The maximum absolute atomic E-state index is 10.9. The Hall–Kier alpha value is -1.88. The van der Waals surface area contributed by atoms with Crippen molar-refractivity contribution in [3.63, 3.8) is 0 Å². The van der Waals surface area contributed by atoms with Crippen LogP contribution in [-0.4, -0.2) is 4.92 Å². The molecule has 0 saturated carbocycles. The number of thiophene rings is 1. The Morgan fingerprint density at radius 2 is 1.94 bits per heavy atom. The molecule has 1 aromatic heterocycles. The molecule has 1 N–H and O–H groups in total. The minimum atomic E-state index is -0.367. The van der Waals surface area contributed by atoms with Crippen molar-refractivity contribution in [2.75, 3.05) is 5.32 Å². The third-order valence-corrected chi connectivity index (χ3v) is 3.85. The van der Waals surface area contributed by atoms with Crippen LogP contribution in [0.25, 0.3) is 0 Å². The molecule has 0 atom stereocenters. The summed E-state index contributed by atoms with van der Waals surface area (Å²) in [5.74, 6) is 0. The molecule has 0 unspecified atom stereocenters. The van der Waals surface area contributed by atoms with Gasteiger partial charge in [-0.2, -0.15) is 0 Å². The first-order valence-corrected chi connectivity index (χ1v) is 6.57. The van der Waals surface area contributed by atoms with Crippen LogP contribution in [0.3, 0.4) is 0 Å². The van der Waals surface area contributed by atoms with E-state index in [9.17, 15) is 10.1 Å². The zero-order valence-electron chi connectivity index (χ0n) is 10.1. The van der Waals surface area contributed by atoms with Crippen molar-refractivity contribution in [2.24, 2.45) is 0 Å². The van der Waals surface area contributed by atoms with Gasteiger partial charge in [0, 0.05) is 22.4 Å². The normalized spacial score (nSPS) is 10.3. The van der Waals surface area contributed by atoms with E-state index in [2.05, 4.69) is 24.4 Å². The molecule has 0 saturated heterocycles. The van der Waals surface area contributed by atoms with Gasteiger partial charge in [-0.1, -0.05) is 19.1 Å². The molecule has 0 radical (unpaired) electrons. The van der Waals surface area contributed by atoms with Gasteiger partial charge in [0.05, 0.1) is 4.92 Å². The lowest BCUT2D eigenvalue weighted by atomic mass is 10.2. The standard InChI is InChI=1S/C13H14N2O2S/c1-2-10-7-8-11(18-10)9-14-12-5-3-4-6-13(12)15(16)17/h3-8,14H,2,9H2,1H3. The second-order valence-corrected chi connectivity index (χ2v) is 5.10. The average molecular weight is 262 g/mol. The number of nitrogens with one attached hydrogen (secondary N) is 1. The molecule has 0 aliphatic heterocycles. The average Bonchev–Trinajstić information content (AvgIpc) is 2.84. The molecule has 5 heteroatoms. The largest absolute Gasteiger partial charge is 0.375 e. The minimum Gasteiger partial charge on any atom is -0.375 e. The Labute approximate surface area is 109 Å². The van der Waals surface area contributed by atoms with Crippen molar-refractivity contribution in [3.8, 4) is 0 Å². The van der Waals surface area contributed by atoms with Gasteiger partial charge in [-0.3, -0.25) is 10.1 Å². The molecule has 2 rings (SSSR count). The maximum atomic E-state index is 10.9. The van der Waals surface area contributed by atoms with E-state index in [1.807, 2.05) is 0 Å². The van der Waals surface area contributed by atoms with Crippen LogP contribution < -0.4 is 5.32 Å². The lowest BCUT2D eigenvalue weighted by Gasteiger charge is -2.05. The zero-order valence-corrected chi connectivity index (χ0v) is 10.9. The molecule has 0 fully saturated rings. The highest BCUT2D eigenvalue weighted by molar-refractivity contribution is 7.12. The van der Waals surface area contributed by atoms with Gasteiger partial charge >= 0.3 is 0 Å². The van der Waals surface area contributed by atoms with Crippen molar-refractivity contribution in [2.45, 2.75) is 19.9 Å². The molecular formula is C13H14N2O2S. The monoisotopic (exact) mass is 262 g/mol. The van der Waals surface area contributed by atoms with Gasteiger partial charge in [-0.15, -0.1) is 11.3 Å². The molecule has 0 aliphatic rings. The Morgan fingerprint density at radius 1 is 1.22 bits per heavy atom. The highest BCUT2D eigenvalue weighted by Crippen LogP contribution is 2.25. The fraction of sp³-hybridized carbons (Fsp3) is 0.231. The lowest BCUT2D eigenvalue weighted by Crippen LogP contribution is -2.01. The summed E-state index contributed by atoms with van der Waals surface area (Å²) in [6.07, 6.45) is 1.02. The first-order valence-electron chi connectivity index (χ1n) is 5.75. The van der Waals surface area contributed by atoms with Crippen molar-refractivity contribution in [1.82, 2.24) is 0 Å². The van der Waals surface area contributed by atoms with Crippen LogP contribution in [0.2, 0.25) is 0 Å². The fourth-order valence-corrected chi connectivity index (χ4v) is 2.57. The van der Waals surface area contributed by atoms with Gasteiger partial charge in [0.1, 0.15) is 5.69 Å². The zero-order chi connectivity index (χ0) is 13.0. The molecule has 0 aliphatic carbocycles. The predicted octanol–water partition coefficient (Wildman–Crippen LogP) is 3.83. The van der Waals surface area contributed by atoms with E-state index in [0.29, 0.717) is 12.2 Å². The number of benzene rings is 1. The highest BCUT2D eigenvalue weighted by atomic mass is 32.1. The van der Waals surface area contributed by atoms with E-state index in [1.54, 1.807) is 29.5 Å². The number of nitro groups is 1. The summed E-state index contributed by atoms with van der Waals surface area (Å²) in [7, 11) is 0. The lowest BCUT2D eigenvalue weighted by molar-refractivity contribution is -0.384. The summed E-state index contributed by atoms with van der Waals surface area (Å²) in [5, 5.41) is 14.0. The Kier molecular flexibility index (Phi) is 3.94. The molecule has 18 heavy (non-hydrogen) atoms. The summed E-state index contributed by atoms with van der Waals surface area (Å²) in [6.45, 7) is 2.74. The fourth-order valence-electron chi connectivity index (χ4n) is 1.67. The van der Waals surface area contributed by atoms with Crippen LogP contribution in [0.15, 0.2) is 36.4 Å². The van der Waals surface area contributed by atoms with E-state index >= 15 is 0 Å². The molecule has 94 valence electrons. The first kappa shape index (κ1) is 12.6. The molecule has 1 aromatic carbocycles. The third-order valence-electron chi connectivity index (χ3n) is 2.62. The van der Waals surface area contributed by atoms with Crippen LogP contribution in [0, 0.1) is 10.1 Å². The van der Waals surface area contributed by atoms with Gasteiger partial charge in [-0.05, 0) is 24.6 Å². The number of rotatable bonds is 5. The Balaban J connectivity index is 2.08. The molecule has 0 amide bonds. The second kappa shape index (κ2) is 5.64. The molecule has 4 nitrogen and oxygen atoms in total. The number of nitrogens with zero attached hydrogens (tertiary/aromatic N) is 1.